The van der Waals surface area contributed by atoms with Crippen LogP contribution in [0.1, 0.15) is 47.4 Å². The largest absolute Gasteiger partial charge is 0.489 e. The van der Waals surface area contributed by atoms with E-state index in [0.29, 0.717) is 6.61 Å². The van der Waals surface area contributed by atoms with Gasteiger partial charge in [0.15, 0.2) is 5.78 Å². The number of hydrogen-bond acceptors (Lipinski definition) is 2. The summed E-state index contributed by atoms with van der Waals surface area (Å²) in [6.45, 7) is 2.87. The first-order valence-electron chi connectivity index (χ1n) is 10.7. The van der Waals surface area contributed by atoms with Gasteiger partial charge in [-0.05, 0) is 58.7 Å². The molecule has 0 spiro atoms. The fourth-order valence-corrected chi connectivity index (χ4v) is 5.15. The summed E-state index contributed by atoms with van der Waals surface area (Å²) in [5.41, 5.74) is 4.87. The van der Waals surface area contributed by atoms with Crippen LogP contribution in [0.15, 0.2) is 91.0 Å². The van der Waals surface area contributed by atoms with Crippen LogP contribution in [-0.2, 0) is 17.8 Å². The van der Waals surface area contributed by atoms with Gasteiger partial charge in [0.05, 0.1) is 5.92 Å². The zero-order valence-electron chi connectivity index (χ0n) is 17.3. The zero-order valence-corrected chi connectivity index (χ0v) is 17.3. The summed E-state index contributed by atoms with van der Waals surface area (Å²) < 4.78 is 6.07. The first-order valence-corrected chi connectivity index (χ1v) is 10.7. The normalized spacial score (nSPS) is 24.8. The van der Waals surface area contributed by atoms with Crippen molar-refractivity contribution in [3.63, 3.8) is 0 Å². The Morgan fingerprint density at radius 1 is 0.967 bits per heavy atom. The highest BCUT2D eigenvalue weighted by Crippen LogP contribution is 2.55. The average Bonchev–Trinajstić information content (AvgIpc) is 2.79. The molecule has 30 heavy (non-hydrogen) atoms. The molecule has 2 aliphatic rings. The molecular weight excluding hydrogens is 368 g/mol. The molecule has 0 fully saturated rings. The molecule has 0 aromatic heterocycles. The molecule has 0 amide bonds. The van der Waals surface area contributed by atoms with Crippen molar-refractivity contribution < 1.29 is 9.53 Å². The number of benzene rings is 3. The molecule has 0 radical (unpaired) electrons. The molecule has 2 heteroatoms. The van der Waals surface area contributed by atoms with Crippen LogP contribution in [0.3, 0.4) is 0 Å². The van der Waals surface area contributed by atoms with E-state index >= 15 is 0 Å². The number of allylic oxidation sites excluding steroid dienone is 2. The second-order valence-corrected chi connectivity index (χ2v) is 8.74. The van der Waals surface area contributed by atoms with Gasteiger partial charge >= 0.3 is 0 Å². The van der Waals surface area contributed by atoms with Gasteiger partial charge in [-0.1, -0.05) is 79.7 Å². The fraction of sp³-hybridized carbons (Fsp3) is 0.250. The van der Waals surface area contributed by atoms with Crippen LogP contribution < -0.4 is 4.74 Å². The van der Waals surface area contributed by atoms with Crippen molar-refractivity contribution in [2.75, 3.05) is 0 Å². The van der Waals surface area contributed by atoms with Gasteiger partial charge in [-0.15, -0.1) is 0 Å². The van der Waals surface area contributed by atoms with Crippen LogP contribution in [0.2, 0.25) is 0 Å². The molecule has 2 aliphatic carbocycles. The SMILES string of the molecule is CC12C=CC(=O)C(c3ccccc3)[C@@H]1c1ccc(OCc3ccccc3)cc1CC2. The Morgan fingerprint density at radius 2 is 1.70 bits per heavy atom. The van der Waals surface area contributed by atoms with Crippen LogP contribution in [0, 0.1) is 5.41 Å². The van der Waals surface area contributed by atoms with E-state index < -0.39 is 0 Å². The van der Waals surface area contributed by atoms with Crippen LogP contribution >= 0.6 is 0 Å². The number of hydrogen-bond donors (Lipinski definition) is 0. The topological polar surface area (TPSA) is 26.3 Å². The van der Waals surface area contributed by atoms with E-state index in [0.717, 1.165) is 29.7 Å². The molecule has 2 unspecified atom stereocenters. The molecule has 5 rings (SSSR count). The molecule has 0 heterocycles. The summed E-state index contributed by atoms with van der Waals surface area (Å²) in [7, 11) is 0. The van der Waals surface area contributed by atoms with Crippen LogP contribution in [0.25, 0.3) is 0 Å². The summed E-state index contributed by atoms with van der Waals surface area (Å²) in [6.07, 6.45) is 6.02. The fourth-order valence-electron chi connectivity index (χ4n) is 5.15. The van der Waals surface area contributed by atoms with Gasteiger partial charge in [0.1, 0.15) is 12.4 Å². The van der Waals surface area contributed by atoms with Gasteiger partial charge in [0.25, 0.3) is 0 Å². The molecule has 0 aliphatic heterocycles. The second-order valence-electron chi connectivity index (χ2n) is 8.74. The molecule has 0 N–H and O–H groups in total. The Bertz CT molecular complexity index is 1080. The van der Waals surface area contributed by atoms with Crippen LogP contribution in [-0.4, -0.2) is 5.78 Å². The first kappa shape index (κ1) is 18.9. The maximum Gasteiger partial charge on any atom is 0.163 e. The second kappa shape index (κ2) is 7.60. The Kier molecular flexibility index (Phi) is 4.78. The number of aryl methyl sites for hydroxylation is 1. The molecule has 3 aromatic carbocycles. The molecular formula is C28H26O2. The minimum atomic E-state index is -0.128. The highest BCUT2D eigenvalue weighted by atomic mass is 16.5. The zero-order chi connectivity index (χ0) is 20.6. The molecule has 150 valence electrons. The van der Waals surface area contributed by atoms with Gasteiger partial charge in [-0.3, -0.25) is 4.79 Å². The molecule has 3 aromatic rings. The monoisotopic (exact) mass is 394 g/mol. The molecule has 2 nitrogen and oxygen atoms in total. The van der Waals surface area contributed by atoms with Gasteiger partial charge in [0.2, 0.25) is 0 Å². The average molecular weight is 395 g/mol. The third-order valence-corrected chi connectivity index (χ3v) is 6.77. The highest BCUT2D eigenvalue weighted by Gasteiger charge is 2.47. The van der Waals surface area contributed by atoms with Crippen LogP contribution in [0.5, 0.6) is 5.75 Å². The third-order valence-electron chi connectivity index (χ3n) is 6.77. The van der Waals surface area contributed by atoms with Crippen molar-refractivity contribution in [3.8, 4) is 5.75 Å². The lowest BCUT2D eigenvalue weighted by molar-refractivity contribution is -0.117. The van der Waals surface area contributed by atoms with E-state index in [-0.39, 0.29) is 23.0 Å². The van der Waals surface area contributed by atoms with E-state index in [1.807, 2.05) is 42.5 Å². The number of ketones is 1. The maximum atomic E-state index is 13.0. The van der Waals surface area contributed by atoms with Crippen LogP contribution in [0.4, 0.5) is 0 Å². The minimum absolute atomic E-state index is 0.00612. The number of carbonyl (C=O) groups excluding carboxylic acids is 1. The third kappa shape index (κ3) is 3.37. The van der Waals surface area contributed by atoms with E-state index in [4.69, 9.17) is 4.74 Å². The summed E-state index contributed by atoms with van der Waals surface area (Å²) in [5.74, 6) is 1.14. The first-order chi connectivity index (χ1) is 14.6. The smallest absolute Gasteiger partial charge is 0.163 e. The lowest BCUT2D eigenvalue weighted by atomic mass is 9.56. The Morgan fingerprint density at radius 3 is 2.47 bits per heavy atom. The predicted octanol–water partition coefficient (Wildman–Crippen LogP) is 6.22. The molecule has 0 bridgehead atoms. The minimum Gasteiger partial charge on any atom is -0.489 e. The van der Waals surface area contributed by atoms with Crippen molar-refractivity contribution in [1.82, 2.24) is 0 Å². The predicted molar refractivity (Wildman–Crippen MR) is 120 cm³/mol. The number of rotatable bonds is 4. The Balaban J connectivity index is 1.49. The van der Waals surface area contributed by atoms with Gasteiger partial charge in [-0.25, -0.2) is 0 Å². The Hall–Kier alpha value is -3.13. The number of fused-ring (bicyclic) bond motifs is 3. The summed E-state index contributed by atoms with van der Waals surface area (Å²) >= 11 is 0. The number of carbonyl (C=O) groups is 1. The lowest BCUT2D eigenvalue weighted by Gasteiger charge is -2.46. The van der Waals surface area contributed by atoms with Crippen molar-refractivity contribution in [3.05, 3.63) is 113 Å². The standard InChI is InChI=1S/C28H26O2/c1-28-16-14-22-18-23(30-19-20-8-4-2-5-9-20)12-13-24(22)27(28)26(25(29)15-17-28)21-10-6-3-7-11-21/h2-13,15,17-18,26-27H,14,16,19H2,1H3/t26?,27-,28?/m0/s1. The van der Waals surface area contributed by atoms with Gasteiger partial charge in [0, 0.05) is 5.92 Å². The summed E-state index contributed by atoms with van der Waals surface area (Å²) in [6, 6.07) is 26.9. The van der Waals surface area contributed by atoms with Crippen molar-refractivity contribution in [1.29, 1.82) is 0 Å². The molecule has 0 saturated carbocycles. The quantitative estimate of drug-likeness (QED) is 0.525. The maximum absolute atomic E-state index is 13.0. The van der Waals surface area contributed by atoms with E-state index in [1.165, 1.54) is 11.1 Å². The van der Waals surface area contributed by atoms with Gasteiger partial charge < -0.3 is 4.74 Å². The van der Waals surface area contributed by atoms with Crippen molar-refractivity contribution >= 4 is 5.78 Å². The lowest BCUT2D eigenvalue weighted by Crippen LogP contribution is -2.39. The van der Waals surface area contributed by atoms with E-state index in [1.54, 1.807) is 0 Å². The van der Waals surface area contributed by atoms with E-state index in [2.05, 4.69) is 55.5 Å². The molecule has 3 atom stereocenters. The van der Waals surface area contributed by atoms with Gasteiger partial charge in [-0.2, -0.15) is 0 Å². The van der Waals surface area contributed by atoms with E-state index in [9.17, 15) is 4.79 Å². The summed E-state index contributed by atoms with van der Waals surface area (Å²) in [4.78, 5) is 13.0. The van der Waals surface area contributed by atoms with Crippen molar-refractivity contribution in [2.24, 2.45) is 5.41 Å². The highest BCUT2D eigenvalue weighted by molar-refractivity contribution is 5.97. The molecule has 0 saturated heterocycles. The van der Waals surface area contributed by atoms with Crippen molar-refractivity contribution in [2.45, 2.75) is 38.2 Å². The number of ether oxygens (including phenoxy) is 1. The Labute approximate surface area is 178 Å². The summed E-state index contributed by atoms with van der Waals surface area (Å²) in [5, 5.41) is 0.